The molecule has 1 aromatic heterocycles. The van der Waals surface area contributed by atoms with Crippen LogP contribution < -0.4 is 10.6 Å². The maximum atomic E-state index is 12.5. The number of thioether (sulfide) groups is 1. The fourth-order valence-corrected chi connectivity index (χ4v) is 3.69. The zero-order chi connectivity index (χ0) is 20.7. The van der Waals surface area contributed by atoms with E-state index in [0.29, 0.717) is 11.3 Å². The average Bonchev–Trinajstić information content (AvgIpc) is 3.11. The molecule has 150 valence electrons. The molecule has 9 heteroatoms. The number of nitrogens with zero attached hydrogens (tertiary/aromatic N) is 1. The number of nitrogens with one attached hydrogen (secondary N) is 2. The van der Waals surface area contributed by atoms with Gasteiger partial charge in [0.2, 0.25) is 0 Å². The zero-order valence-corrected chi connectivity index (χ0v) is 17.8. The van der Waals surface area contributed by atoms with Crippen LogP contribution in [0.25, 0.3) is 0 Å². The predicted octanol–water partition coefficient (Wildman–Crippen LogP) is 3.61. The molecule has 0 spiro atoms. The summed E-state index contributed by atoms with van der Waals surface area (Å²) >= 11 is 2.98. The van der Waals surface area contributed by atoms with Gasteiger partial charge in [0.05, 0.1) is 16.8 Å². The number of esters is 1. The highest BCUT2D eigenvalue weighted by atomic mass is 32.2. The lowest BCUT2D eigenvalue weighted by Gasteiger charge is -2.21. The lowest BCUT2D eigenvalue weighted by atomic mass is 10.1. The maximum absolute atomic E-state index is 12.5. The average molecular weight is 422 g/mol. The fraction of sp³-hybridized carbons (Fsp3) is 0.368. The molecule has 1 aromatic carbocycles. The Labute approximate surface area is 172 Å². The van der Waals surface area contributed by atoms with Crippen LogP contribution >= 0.6 is 23.1 Å². The quantitative estimate of drug-likeness (QED) is 0.546. The molecule has 0 bridgehead atoms. The molecule has 7 nitrogen and oxygen atoms in total. The van der Waals surface area contributed by atoms with Gasteiger partial charge in [0.15, 0.2) is 6.10 Å². The highest BCUT2D eigenvalue weighted by molar-refractivity contribution is 7.98. The molecule has 0 aliphatic heterocycles. The highest BCUT2D eigenvalue weighted by Gasteiger charge is 2.23. The molecule has 1 heterocycles. The molecule has 1 unspecified atom stereocenters. The van der Waals surface area contributed by atoms with E-state index in [4.69, 9.17) is 4.74 Å². The van der Waals surface area contributed by atoms with Crippen molar-refractivity contribution in [3.63, 3.8) is 0 Å². The molecule has 2 N–H and O–H groups in total. The van der Waals surface area contributed by atoms with E-state index in [1.165, 1.54) is 30.0 Å². The van der Waals surface area contributed by atoms with Crippen molar-refractivity contribution >= 4 is 41.0 Å². The summed E-state index contributed by atoms with van der Waals surface area (Å²) in [6.07, 6.45) is -1.12. The predicted molar refractivity (Wildman–Crippen MR) is 109 cm³/mol. The van der Waals surface area contributed by atoms with Crippen molar-refractivity contribution in [3.8, 4) is 0 Å². The molecule has 1 atom stereocenters. The van der Waals surface area contributed by atoms with Crippen molar-refractivity contribution in [2.45, 2.75) is 50.0 Å². The van der Waals surface area contributed by atoms with E-state index in [2.05, 4.69) is 15.6 Å². The Kier molecular flexibility index (Phi) is 7.59. The van der Waals surface area contributed by atoms with Gasteiger partial charge in [-0.25, -0.2) is 14.6 Å². The first-order valence-corrected chi connectivity index (χ1v) is 10.5. The molecular weight excluding hydrogens is 398 g/mol. The minimum atomic E-state index is -1.12. The van der Waals surface area contributed by atoms with Crippen molar-refractivity contribution in [1.82, 2.24) is 15.6 Å². The van der Waals surface area contributed by atoms with Crippen LogP contribution in [0.2, 0.25) is 0 Å². The third kappa shape index (κ3) is 6.97. The van der Waals surface area contributed by atoms with Crippen molar-refractivity contribution < 1.29 is 19.1 Å². The molecule has 0 radical (unpaired) electrons. The number of imide groups is 1. The third-order valence-corrected chi connectivity index (χ3v) is 5.09. The molecule has 0 saturated heterocycles. The minimum absolute atomic E-state index is 0.363. The van der Waals surface area contributed by atoms with Gasteiger partial charge in [-0.3, -0.25) is 10.1 Å². The Bertz CT molecular complexity index is 832. The number of hydrogen-bond donors (Lipinski definition) is 2. The number of rotatable bonds is 6. The number of benzene rings is 1. The number of amides is 3. The normalized spacial score (nSPS) is 12.1. The van der Waals surface area contributed by atoms with E-state index in [-0.39, 0.29) is 0 Å². The first kappa shape index (κ1) is 21.9. The molecule has 2 aromatic rings. The Balaban J connectivity index is 1.96. The second kappa shape index (κ2) is 9.70. The van der Waals surface area contributed by atoms with Gasteiger partial charge in [0.25, 0.3) is 5.91 Å². The number of ether oxygens (including phenoxy) is 1. The van der Waals surface area contributed by atoms with Crippen molar-refractivity contribution in [3.05, 3.63) is 46.4 Å². The summed E-state index contributed by atoms with van der Waals surface area (Å²) in [6.45, 7) is 6.80. The largest absolute Gasteiger partial charge is 0.449 e. The summed E-state index contributed by atoms with van der Waals surface area (Å²) in [6, 6.07) is 6.37. The number of aromatic nitrogens is 1. The zero-order valence-electron chi connectivity index (χ0n) is 16.1. The van der Waals surface area contributed by atoms with Gasteiger partial charge < -0.3 is 10.1 Å². The Morgan fingerprint density at radius 3 is 2.61 bits per heavy atom. The minimum Gasteiger partial charge on any atom is -0.449 e. The second-order valence-electron chi connectivity index (χ2n) is 7.01. The summed E-state index contributed by atoms with van der Waals surface area (Å²) in [7, 11) is 0. The summed E-state index contributed by atoms with van der Waals surface area (Å²) < 4.78 is 5.25. The first-order valence-electron chi connectivity index (χ1n) is 8.58. The molecule has 0 fully saturated rings. The van der Waals surface area contributed by atoms with Crippen molar-refractivity contribution in [2.24, 2.45) is 0 Å². The molecule has 2 rings (SSSR count). The van der Waals surface area contributed by atoms with Gasteiger partial charge in [-0.1, -0.05) is 12.1 Å². The lowest BCUT2D eigenvalue weighted by Crippen LogP contribution is -2.50. The topological polar surface area (TPSA) is 97.4 Å². The van der Waals surface area contributed by atoms with Gasteiger partial charge >= 0.3 is 12.0 Å². The summed E-state index contributed by atoms with van der Waals surface area (Å²) in [5.74, 6) is -0.695. The van der Waals surface area contributed by atoms with Crippen LogP contribution in [0.4, 0.5) is 4.79 Å². The smallest absolute Gasteiger partial charge is 0.340 e. The molecule has 0 aliphatic rings. The number of urea groups is 1. The first-order chi connectivity index (χ1) is 13.2. The summed E-state index contributed by atoms with van der Waals surface area (Å²) in [4.78, 5) is 41.4. The molecule has 0 aliphatic carbocycles. The van der Waals surface area contributed by atoms with Gasteiger partial charge in [-0.15, -0.1) is 23.1 Å². The van der Waals surface area contributed by atoms with Crippen molar-refractivity contribution in [1.29, 1.82) is 0 Å². The highest BCUT2D eigenvalue weighted by Crippen LogP contribution is 2.27. The van der Waals surface area contributed by atoms with E-state index < -0.39 is 29.6 Å². The Hall–Kier alpha value is -2.39. The Morgan fingerprint density at radius 2 is 1.96 bits per heavy atom. The number of thiazole rings is 1. The van der Waals surface area contributed by atoms with E-state index in [0.717, 1.165) is 10.6 Å². The molecule has 0 saturated carbocycles. The lowest BCUT2D eigenvalue weighted by molar-refractivity contribution is -0.127. The van der Waals surface area contributed by atoms with Crippen molar-refractivity contribution in [2.75, 3.05) is 0 Å². The molecular formula is C19H23N3O4S2. The monoisotopic (exact) mass is 421 g/mol. The Morgan fingerprint density at radius 1 is 1.25 bits per heavy atom. The van der Waals surface area contributed by atoms with Crippen LogP contribution in [0.15, 0.2) is 40.1 Å². The fourth-order valence-electron chi connectivity index (χ4n) is 2.08. The van der Waals surface area contributed by atoms with Crippen LogP contribution in [0, 0.1) is 0 Å². The number of hydrogen-bond acceptors (Lipinski definition) is 7. The van der Waals surface area contributed by atoms with Crippen LogP contribution in [-0.2, 0) is 15.3 Å². The maximum Gasteiger partial charge on any atom is 0.340 e. The summed E-state index contributed by atoms with van der Waals surface area (Å²) in [5, 5.41) is 6.73. The van der Waals surface area contributed by atoms with Crippen LogP contribution in [0.3, 0.4) is 0 Å². The molecule has 3 amide bonds. The van der Waals surface area contributed by atoms with Gasteiger partial charge in [0.1, 0.15) is 0 Å². The summed E-state index contributed by atoms with van der Waals surface area (Å²) in [5.41, 5.74) is 2.56. The van der Waals surface area contributed by atoms with Crippen LogP contribution in [0.5, 0.6) is 0 Å². The molecule has 28 heavy (non-hydrogen) atoms. The standard InChI is InChI=1S/C19H23N3O4S2/c1-12(16(23)21-18(25)22-19(2,3)4)26-17(24)14-7-5-6-8-15(14)28-10-13-9-27-11-20-13/h5-9,11-12H,10H2,1-4H3,(H2,21,22,23,25). The van der Waals surface area contributed by atoms with Gasteiger partial charge in [-0.2, -0.15) is 0 Å². The second-order valence-corrected chi connectivity index (χ2v) is 8.74. The van der Waals surface area contributed by atoms with E-state index >= 15 is 0 Å². The van der Waals surface area contributed by atoms with Gasteiger partial charge in [-0.05, 0) is 39.8 Å². The SMILES string of the molecule is CC(OC(=O)c1ccccc1SCc1cscn1)C(=O)NC(=O)NC(C)(C)C. The van der Waals surface area contributed by atoms with E-state index in [1.54, 1.807) is 38.4 Å². The van der Waals surface area contributed by atoms with Gasteiger partial charge in [0, 0.05) is 21.6 Å². The van der Waals surface area contributed by atoms with E-state index in [9.17, 15) is 14.4 Å². The van der Waals surface area contributed by atoms with E-state index in [1.807, 2.05) is 17.5 Å². The third-order valence-electron chi connectivity index (χ3n) is 3.34. The van der Waals surface area contributed by atoms with Crippen LogP contribution in [-0.4, -0.2) is 34.5 Å². The number of carbonyl (C=O) groups is 3. The van der Waals surface area contributed by atoms with Crippen LogP contribution in [0.1, 0.15) is 43.7 Å². The number of carbonyl (C=O) groups excluding carboxylic acids is 3.